The van der Waals surface area contributed by atoms with Gasteiger partial charge in [0.1, 0.15) is 5.75 Å². The minimum absolute atomic E-state index is 0.192. The van der Waals surface area contributed by atoms with Gasteiger partial charge in [-0.2, -0.15) is 5.26 Å². The molecular weight excluding hydrogens is 410 g/mol. The fourth-order valence-corrected chi connectivity index (χ4v) is 3.57. The molecule has 5 heteroatoms. The van der Waals surface area contributed by atoms with Crippen LogP contribution in [0.15, 0.2) is 85.1 Å². The van der Waals surface area contributed by atoms with Crippen molar-refractivity contribution in [3.8, 4) is 22.9 Å². The van der Waals surface area contributed by atoms with Crippen molar-refractivity contribution in [2.24, 2.45) is 0 Å². The first kappa shape index (κ1) is 22.1. The third-order valence-corrected chi connectivity index (χ3v) is 5.50. The molecule has 0 spiro atoms. The van der Waals surface area contributed by atoms with Crippen molar-refractivity contribution < 1.29 is 9.84 Å². The summed E-state index contributed by atoms with van der Waals surface area (Å²) in [5, 5.41) is 23.0. The van der Waals surface area contributed by atoms with E-state index in [0.29, 0.717) is 31.0 Å². The highest BCUT2D eigenvalue weighted by atomic mass is 16.5. The first-order valence-electron chi connectivity index (χ1n) is 10.8. The molecule has 0 saturated carbocycles. The second-order valence-corrected chi connectivity index (χ2v) is 7.79. The molecule has 0 aliphatic rings. The van der Waals surface area contributed by atoms with E-state index < -0.39 is 0 Å². The van der Waals surface area contributed by atoms with Crippen LogP contribution in [0.1, 0.15) is 27.9 Å². The topological polar surface area (TPSA) is 78.2 Å². The lowest BCUT2D eigenvalue weighted by molar-refractivity contribution is 0.106. The van der Waals surface area contributed by atoms with Crippen molar-refractivity contribution in [3.05, 3.63) is 113 Å². The molecule has 0 aliphatic heterocycles. The summed E-state index contributed by atoms with van der Waals surface area (Å²) in [6, 6.07) is 27.7. The Balaban J connectivity index is 1.42. The number of hydrogen-bond donors (Lipinski definition) is 2. The molecule has 0 radical (unpaired) electrons. The monoisotopic (exact) mass is 435 g/mol. The maximum atomic E-state index is 10.6. The number of hydrogen-bond acceptors (Lipinski definition) is 5. The fraction of sp³-hybridized carbons (Fsp3) is 0.143. The summed E-state index contributed by atoms with van der Waals surface area (Å²) in [4.78, 5) is 4.30. The second-order valence-electron chi connectivity index (χ2n) is 7.79. The molecule has 0 bridgehead atoms. The molecule has 4 aromatic rings. The number of rotatable bonds is 8. The lowest BCUT2D eigenvalue weighted by atomic mass is 10.0. The Morgan fingerprint density at radius 1 is 0.909 bits per heavy atom. The lowest BCUT2D eigenvalue weighted by Crippen LogP contribution is -2.07. The molecule has 164 valence electrons. The highest BCUT2D eigenvalue weighted by Crippen LogP contribution is 2.27. The molecule has 0 saturated heterocycles. The highest BCUT2D eigenvalue weighted by molar-refractivity contribution is 5.66. The zero-order valence-electron chi connectivity index (χ0n) is 18.5. The Morgan fingerprint density at radius 2 is 1.58 bits per heavy atom. The van der Waals surface area contributed by atoms with Crippen LogP contribution in [0.2, 0.25) is 0 Å². The summed E-state index contributed by atoms with van der Waals surface area (Å²) >= 11 is 0. The average Bonchev–Trinajstić information content (AvgIpc) is 2.87. The molecule has 1 heterocycles. The molecule has 4 rings (SSSR count). The summed E-state index contributed by atoms with van der Waals surface area (Å²) in [6.07, 6.45) is 1.77. The van der Waals surface area contributed by atoms with Crippen molar-refractivity contribution in [3.63, 3.8) is 0 Å². The van der Waals surface area contributed by atoms with Gasteiger partial charge in [-0.1, -0.05) is 54.6 Å². The SMILES string of the molecule is Cc1ncc(COCc2ccccc2)c(CNc2ccc(-c3ccc(C#N)cc3)cc2)c1O. The normalized spacial score (nSPS) is 10.5. The van der Waals surface area contributed by atoms with Crippen molar-refractivity contribution in [1.82, 2.24) is 4.98 Å². The van der Waals surface area contributed by atoms with Crippen molar-refractivity contribution >= 4 is 5.69 Å². The van der Waals surface area contributed by atoms with Crippen LogP contribution in [0, 0.1) is 18.3 Å². The average molecular weight is 436 g/mol. The smallest absolute Gasteiger partial charge is 0.142 e. The largest absolute Gasteiger partial charge is 0.506 e. The van der Waals surface area contributed by atoms with Gasteiger partial charge in [0.2, 0.25) is 0 Å². The van der Waals surface area contributed by atoms with Crippen LogP contribution in [0.25, 0.3) is 11.1 Å². The number of nitrogens with zero attached hydrogens (tertiary/aromatic N) is 2. The summed E-state index contributed by atoms with van der Waals surface area (Å²) in [5.41, 5.74) is 7.05. The van der Waals surface area contributed by atoms with Gasteiger partial charge in [-0.25, -0.2) is 0 Å². The first-order chi connectivity index (χ1) is 16.1. The number of aryl methyl sites for hydroxylation is 1. The summed E-state index contributed by atoms with van der Waals surface area (Å²) in [7, 11) is 0. The number of aromatic hydroxyl groups is 1. The molecule has 0 aliphatic carbocycles. The van der Waals surface area contributed by atoms with E-state index in [-0.39, 0.29) is 5.75 Å². The minimum atomic E-state index is 0.192. The number of pyridine rings is 1. The van der Waals surface area contributed by atoms with Crippen LogP contribution < -0.4 is 5.32 Å². The van der Waals surface area contributed by atoms with Crippen LogP contribution in [-0.2, 0) is 24.5 Å². The van der Waals surface area contributed by atoms with Gasteiger partial charge in [0.15, 0.2) is 0 Å². The van der Waals surface area contributed by atoms with Crippen molar-refractivity contribution in [1.29, 1.82) is 5.26 Å². The molecule has 33 heavy (non-hydrogen) atoms. The fourth-order valence-electron chi connectivity index (χ4n) is 3.57. The molecule has 0 atom stereocenters. The van der Waals surface area contributed by atoms with E-state index in [2.05, 4.69) is 16.4 Å². The van der Waals surface area contributed by atoms with Crippen LogP contribution in [-0.4, -0.2) is 10.1 Å². The van der Waals surface area contributed by atoms with Gasteiger partial charge >= 0.3 is 0 Å². The van der Waals surface area contributed by atoms with Crippen LogP contribution in [0.5, 0.6) is 5.75 Å². The van der Waals surface area contributed by atoms with E-state index in [4.69, 9.17) is 10.00 Å². The number of ether oxygens (including phenoxy) is 1. The van der Waals surface area contributed by atoms with E-state index in [1.54, 1.807) is 13.1 Å². The maximum absolute atomic E-state index is 10.6. The quantitative estimate of drug-likeness (QED) is 0.357. The Bertz CT molecular complexity index is 1250. The molecule has 0 amide bonds. The standard InChI is InChI=1S/C28H25N3O2/c1-20-28(32)27(25(16-30-20)19-33-18-22-5-3-2-4-6-22)17-31-26-13-11-24(12-14-26)23-9-7-21(15-29)8-10-23/h2-14,16,31-32H,17-19H2,1H3. The van der Waals surface area contributed by atoms with Crippen LogP contribution >= 0.6 is 0 Å². The molecule has 1 aromatic heterocycles. The van der Waals surface area contributed by atoms with E-state index in [0.717, 1.165) is 33.5 Å². The zero-order chi connectivity index (χ0) is 23.0. The maximum Gasteiger partial charge on any atom is 0.142 e. The van der Waals surface area contributed by atoms with Crippen molar-refractivity contribution in [2.45, 2.75) is 26.7 Å². The van der Waals surface area contributed by atoms with E-state index in [1.807, 2.05) is 78.9 Å². The third kappa shape index (κ3) is 5.57. The molecule has 5 nitrogen and oxygen atoms in total. The Morgan fingerprint density at radius 3 is 2.24 bits per heavy atom. The Hall–Kier alpha value is -4.14. The Kier molecular flexibility index (Phi) is 6.99. The number of nitrogens with one attached hydrogen (secondary N) is 1. The number of anilines is 1. The summed E-state index contributed by atoms with van der Waals surface area (Å²) < 4.78 is 5.88. The van der Waals surface area contributed by atoms with Gasteiger partial charge in [0.25, 0.3) is 0 Å². The van der Waals surface area contributed by atoms with E-state index in [9.17, 15) is 5.11 Å². The van der Waals surface area contributed by atoms with Gasteiger partial charge in [-0.15, -0.1) is 0 Å². The van der Waals surface area contributed by atoms with Crippen LogP contribution in [0.4, 0.5) is 5.69 Å². The number of benzene rings is 3. The van der Waals surface area contributed by atoms with E-state index >= 15 is 0 Å². The zero-order valence-corrected chi connectivity index (χ0v) is 18.5. The molecule has 2 N–H and O–H groups in total. The number of nitriles is 1. The predicted molar refractivity (Wildman–Crippen MR) is 129 cm³/mol. The molecule has 0 unspecified atom stereocenters. The van der Waals surface area contributed by atoms with Gasteiger partial charge in [-0.3, -0.25) is 4.98 Å². The van der Waals surface area contributed by atoms with Gasteiger partial charge in [0, 0.05) is 29.6 Å². The predicted octanol–water partition coefficient (Wildman–Crippen LogP) is 5.96. The van der Waals surface area contributed by atoms with Gasteiger partial charge < -0.3 is 15.2 Å². The third-order valence-electron chi connectivity index (χ3n) is 5.50. The Labute approximate surface area is 193 Å². The van der Waals surface area contributed by atoms with Crippen molar-refractivity contribution in [2.75, 3.05) is 5.32 Å². The summed E-state index contributed by atoms with van der Waals surface area (Å²) in [5.74, 6) is 0.192. The molecule has 0 fully saturated rings. The minimum Gasteiger partial charge on any atom is -0.506 e. The highest BCUT2D eigenvalue weighted by Gasteiger charge is 2.12. The summed E-state index contributed by atoms with van der Waals surface area (Å²) in [6.45, 7) is 3.11. The number of aromatic nitrogens is 1. The first-order valence-corrected chi connectivity index (χ1v) is 10.8. The molecule has 3 aromatic carbocycles. The van der Waals surface area contributed by atoms with Gasteiger partial charge in [0.05, 0.1) is 30.5 Å². The second kappa shape index (κ2) is 10.4. The molecular formula is C28H25N3O2. The lowest BCUT2D eigenvalue weighted by Gasteiger charge is -2.15. The van der Waals surface area contributed by atoms with Gasteiger partial charge in [-0.05, 0) is 47.9 Å². The van der Waals surface area contributed by atoms with E-state index in [1.165, 1.54) is 0 Å². The van der Waals surface area contributed by atoms with Crippen LogP contribution in [0.3, 0.4) is 0 Å².